The summed E-state index contributed by atoms with van der Waals surface area (Å²) in [6, 6.07) is 9.11. The van der Waals surface area contributed by atoms with Gasteiger partial charge in [-0.25, -0.2) is 0 Å². The molecular formula is C29H42O4. The Hall–Kier alpha value is -1.65. The van der Waals surface area contributed by atoms with Gasteiger partial charge >= 0.3 is 5.97 Å². The van der Waals surface area contributed by atoms with Crippen LogP contribution < -0.4 is 0 Å². The van der Waals surface area contributed by atoms with Crippen molar-refractivity contribution in [1.29, 1.82) is 0 Å². The second kappa shape index (κ2) is 11.2. The van der Waals surface area contributed by atoms with E-state index in [-0.39, 0.29) is 25.1 Å². The number of unbranched alkanes of at least 4 members (excludes halogenated alkanes) is 2. The van der Waals surface area contributed by atoms with Gasteiger partial charge in [0, 0.05) is 0 Å². The zero-order valence-corrected chi connectivity index (χ0v) is 20.7. The lowest BCUT2D eigenvalue weighted by molar-refractivity contribution is -0.232. The van der Waals surface area contributed by atoms with Crippen LogP contribution in [0, 0.1) is 5.41 Å². The van der Waals surface area contributed by atoms with E-state index in [1.807, 2.05) is 19.1 Å². The van der Waals surface area contributed by atoms with Gasteiger partial charge in [-0.2, -0.15) is 0 Å². The van der Waals surface area contributed by atoms with Crippen molar-refractivity contribution in [2.45, 2.75) is 109 Å². The molecule has 2 bridgehead atoms. The summed E-state index contributed by atoms with van der Waals surface area (Å²) < 4.78 is 17.1. The number of ether oxygens (including phenoxy) is 3. The molecule has 0 amide bonds. The summed E-state index contributed by atoms with van der Waals surface area (Å²) in [4.78, 5) is 11.9. The SMILES string of the molecule is CC/C=C\CC(=O)O[C@H]1CO[C@H](c2ccc(C34CCC(CCCCC)(CC3)CC4)cc2)CO1. The molecule has 4 fully saturated rings. The van der Waals surface area contributed by atoms with Gasteiger partial charge in [-0.15, -0.1) is 0 Å². The van der Waals surface area contributed by atoms with Crippen LogP contribution in [0.2, 0.25) is 0 Å². The first-order chi connectivity index (χ1) is 16.1. The van der Waals surface area contributed by atoms with E-state index in [0.29, 0.717) is 17.4 Å². The maximum Gasteiger partial charge on any atom is 0.312 e. The smallest absolute Gasteiger partial charge is 0.312 e. The van der Waals surface area contributed by atoms with Crippen molar-refractivity contribution < 1.29 is 19.0 Å². The van der Waals surface area contributed by atoms with Crippen LogP contribution in [0.25, 0.3) is 0 Å². The van der Waals surface area contributed by atoms with Crippen LogP contribution in [0.3, 0.4) is 0 Å². The molecule has 1 aliphatic heterocycles. The Kier molecular flexibility index (Phi) is 8.29. The van der Waals surface area contributed by atoms with Crippen molar-refractivity contribution in [3.05, 3.63) is 47.5 Å². The molecule has 3 saturated carbocycles. The maximum absolute atomic E-state index is 11.9. The third kappa shape index (κ3) is 5.89. The quantitative estimate of drug-likeness (QED) is 0.213. The lowest BCUT2D eigenvalue weighted by Crippen LogP contribution is -2.44. The van der Waals surface area contributed by atoms with Gasteiger partial charge in [0.05, 0.1) is 13.0 Å². The van der Waals surface area contributed by atoms with E-state index in [1.165, 1.54) is 69.8 Å². The van der Waals surface area contributed by atoms with Gasteiger partial charge in [0.15, 0.2) is 0 Å². The van der Waals surface area contributed by atoms with Crippen LogP contribution in [0.5, 0.6) is 0 Å². The van der Waals surface area contributed by atoms with E-state index in [9.17, 15) is 4.79 Å². The van der Waals surface area contributed by atoms with Crippen molar-refractivity contribution in [2.24, 2.45) is 5.41 Å². The maximum atomic E-state index is 11.9. The highest BCUT2D eigenvalue weighted by Gasteiger charge is 2.48. The molecule has 182 valence electrons. The summed E-state index contributed by atoms with van der Waals surface area (Å²) in [5, 5.41) is 0. The second-order valence-corrected chi connectivity index (χ2v) is 10.5. The Morgan fingerprint density at radius 1 is 0.970 bits per heavy atom. The summed E-state index contributed by atoms with van der Waals surface area (Å²) in [5.74, 6) is -0.273. The van der Waals surface area contributed by atoms with Gasteiger partial charge in [-0.3, -0.25) is 4.79 Å². The predicted molar refractivity (Wildman–Crippen MR) is 131 cm³/mol. The molecule has 1 aromatic rings. The normalized spacial score (nSPS) is 31.7. The summed E-state index contributed by atoms with van der Waals surface area (Å²) >= 11 is 0. The molecule has 4 nitrogen and oxygen atoms in total. The zero-order chi connectivity index (χ0) is 23.2. The van der Waals surface area contributed by atoms with Crippen molar-refractivity contribution >= 4 is 5.97 Å². The second-order valence-electron chi connectivity index (χ2n) is 10.5. The Balaban J connectivity index is 1.27. The Bertz CT molecular complexity index is 764. The number of fused-ring (bicyclic) bond motifs is 3. The fraction of sp³-hybridized carbons (Fsp3) is 0.690. The van der Waals surface area contributed by atoms with Crippen LogP contribution >= 0.6 is 0 Å². The molecule has 0 unspecified atom stereocenters. The van der Waals surface area contributed by atoms with Gasteiger partial charge in [0.1, 0.15) is 12.7 Å². The molecule has 1 heterocycles. The summed E-state index contributed by atoms with van der Waals surface area (Å²) in [5.41, 5.74) is 3.69. The standard InChI is InChI=1S/C29H42O4/c1-3-5-7-9-26(30)33-27-22-31-25(21-32-27)23-10-12-24(13-11-23)29-18-15-28(16-19-29,17-20-29)14-8-6-4-2/h5,7,10-13,25,27H,3-4,6,8-9,14-22H2,1-2H3/b7-5-/t25-,27-,28?,29?/m0/s1. The zero-order valence-electron chi connectivity index (χ0n) is 20.7. The first-order valence-corrected chi connectivity index (χ1v) is 13.3. The molecule has 0 spiro atoms. The molecule has 0 radical (unpaired) electrons. The number of rotatable bonds is 10. The van der Waals surface area contributed by atoms with E-state index in [1.54, 1.807) is 0 Å². The number of allylic oxidation sites excluding steroid dienone is 1. The topological polar surface area (TPSA) is 44.8 Å². The summed E-state index contributed by atoms with van der Waals surface area (Å²) in [6.07, 6.45) is 18.1. The molecule has 33 heavy (non-hydrogen) atoms. The van der Waals surface area contributed by atoms with Crippen LogP contribution in [-0.2, 0) is 24.4 Å². The average molecular weight is 455 g/mol. The lowest BCUT2D eigenvalue weighted by atomic mass is 9.51. The lowest BCUT2D eigenvalue weighted by Gasteiger charge is -2.54. The molecule has 1 aromatic carbocycles. The average Bonchev–Trinajstić information content (AvgIpc) is 2.86. The number of hydrogen-bond acceptors (Lipinski definition) is 4. The largest absolute Gasteiger partial charge is 0.433 e. The van der Waals surface area contributed by atoms with Crippen molar-refractivity contribution in [3.8, 4) is 0 Å². The van der Waals surface area contributed by atoms with Crippen LogP contribution in [0.1, 0.15) is 108 Å². The fourth-order valence-electron chi connectivity index (χ4n) is 6.16. The fourth-order valence-corrected chi connectivity index (χ4v) is 6.16. The third-order valence-electron chi connectivity index (χ3n) is 8.42. The van der Waals surface area contributed by atoms with Gasteiger partial charge in [-0.1, -0.05) is 69.5 Å². The molecule has 1 saturated heterocycles. The molecular weight excluding hydrogens is 412 g/mol. The minimum Gasteiger partial charge on any atom is -0.433 e. The number of benzene rings is 1. The van der Waals surface area contributed by atoms with Crippen molar-refractivity contribution in [2.75, 3.05) is 13.2 Å². The van der Waals surface area contributed by atoms with E-state index < -0.39 is 6.29 Å². The molecule has 0 aromatic heterocycles. The van der Waals surface area contributed by atoms with E-state index in [2.05, 4.69) is 31.2 Å². The van der Waals surface area contributed by atoms with Crippen LogP contribution in [-0.4, -0.2) is 25.5 Å². The minimum atomic E-state index is -0.607. The van der Waals surface area contributed by atoms with Crippen molar-refractivity contribution in [1.82, 2.24) is 0 Å². The van der Waals surface area contributed by atoms with Crippen LogP contribution in [0.15, 0.2) is 36.4 Å². The summed E-state index contributed by atoms with van der Waals surface area (Å²) in [6.45, 7) is 5.03. The monoisotopic (exact) mass is 454 g/mol. The summed E-state index contributed by atoms with van der Waals surface area (Å²) in [7, 11) is 0. The van der Waals surface area contributed by atoms with Crippen LogP contribution in [0.4, 0.5) is 0 Å². The van der Waals surface area contributed by atoms with Crippen molar-refractivity contribution in [3.63, 3.8) is 0 Å². The van der Waals surface area contributed by atoms with E-state index in [4.69, 9.17) is 14.2 Å². The number of carbonyl (C=O) groups excluding carboxylic acids is 1. The van der Waals surface area contributed by atoms with Gasteiger partial charge < -0.3 is 14.2 Å². The first kappa shape index (κ1) is 24.5. The first-order valence-electron chi connectivity index (χ1n) is 13.3. The Labute approximate surface area is 200 Å². The number of hydrogen-bond donors (Lipinski definition) is 0. The van der Waals surface area contributed by atoms with Gasteiger partial charge in [0.25, 0.3) is 0 Å². The Morgan fingerprint density at radius 2 is 1.70 bits per heavy atom. The molecule has 4 aliphatic rings. The number of esters is 1. The number of carbonyl (C=O) groups is 1. The molecule has 3 aliphatic carbocycles. The predicted octanol–water partition coefficient (Wildman–Crippen LogP) is 7.17. The highest BCUT2D eigenvalue weighted by molar-refractivity contribution is 5.71. The van der Waals surface area contributed by atoms with E-state index >= 15 is 0 Å². The van der Waals surface area contributed by atoms with E-state index in [0.717, 1.165) is 12.0 Å². The van der Waals surface area contributed by atoms with Gasteiger partial charge in [0.2, 0.25) is 6.29 Å². The molecule has 5 rings (SSSR count). The highest BCUT2D eigenvalue weighted by atomic mass is 16.7. The molecule has 2 atom stereocenters. The molecule has 0 N–H and O–H groups in total. The Morgan fingerprint density at radius 3 is 2.30 bits per heavy atom. The molecule has 4 heteroatoms. The van der Waals surface area contributed by atoms with Gasteiger partial charge in [-0.05, 0) is 73.3 Å². The third-order valence-corrected chi connectivity index (χ3v) is 8.42. The minimum absolute atomic E-state index is 0.101. The highest BCUT2D eigenvalue weighted by Crippen LogP contribution is 2.59.